The van der Waals surface area contributed by atoms with E-state index in [1.807, 2.05) is 6.92 Å². The predicted molar refractivity (Wildman–Crippen MR) is 68.3 cm³/mol. The minimum atomic E-state index is -0.813. The van der Waals surface area contributed by atoms with E-state index in [0.717, 1.165) is 6.42 Å². The lowest BCUT2D eigenvalue weighted by atomic mass is 10.2. The van der Waals surface area contributed by atoms with Crippen molar-refractivity contribution < 1.29 is 18.8 Å². The average Bonchev–Trinajstić information content (AvgIpc) is 2.24. The lowest BCUT2D eigenvalue weighted by Gasteiger charge is -2.12. The topological polar surface area (TPSA) is 75.6 Å². The van der Waals surface area contributed by atoms with Gasteiger partial charge >= 0.3 is 5.97 Å². The Morgan fingerprint density at radius 2 is 2.18 bits per heavy atom. The van der Waals surface area contributed by atoms with Gasteiger partial charge in [0.25, 0.3) is 0 Å². The molecule has 2 N–H and O–H groups in total. The number of nitrogens with one attached hydrogen (secondary N) is 1. The highest BCUT2D eigenvalue weighted by molar-refractivity contribution is 7.84. The van der Waals surface area contributed by atoms with E-state index >= 15 is 0 Å². The van der Waals surface area contributed by atoms with Crippen molar-refractivity contribution in [1.29, 1.82) is 0 Å². The van der Waals surface area contributed by atoms with Crippen LogP contribution in [-0.4, -0.2) is 52.6 Å². The van der Waals surface area contributed by atoms with E-state index in [2.05, 4.69) is 5.32 Å². The van der Waals surface area contributed by atoms with Crippen molar-refractivity contribution in [2.24, 2.45) is 0 Å². The zero-order valence-corrected chi connectivity index (χ0v) is 11.6. The number of esters is 1. The van der Waals surface area contributed by atoms with Crippen LogP contribution in [0.15, 0.2) is 0 Å². The number of aliphatic hydroxyl groups excluding tert-OH is 1. The molecule has 0 aliphatic heterocycles. The van der Waals surface area contributed by atoms with Crippen LogP contribution in [0.25, 0.3) is 0 Å². The number of hydrogen-bond acceptors (Lipinski definition) is 5. The monoisotopic (exact) mass is 265 g/mol. The molecule has 0 aliphatic rings. The van der Waals surface area contributed by atoms with E-state index in [1.54, 1.807) is 13.2 Å². The van der Waals surface area contributed by atoms with E-state index in [-0.39, 0.29) is 17.6 Å². The number of carbonyl (C=O) groups excluding carboxylic acids is 1. The number of aliphatic hydroxyl groups is 1. The van der Waals surface area contributed by atoms with Crippen LogP contribution in [0.4, 0.5) is 0 Å². The average molecular weight is 265 g/mol. The summed E-state index contributed by atoms with van der Waals surface area (Å²) in [4.78, 5) is 11.0. The molecule has 6 heteroatoms. The second kappa shape index (κ2) is 9.56. The maximum absolute atomic E-state index is 11.1. The van der Waals surface area contributed by atoms with Gasteiger partial charge in [-0.05, 0) is 19.9 Å². The molecule has 0 aliphatic carbocycles. The van der Waals surface area contributed by atoms with Gasteiger partial charge in [-0.15, -0.1) is 0 Å². The van der Waals surface area contributed by atoms with Crippen LogP contribution in [0.3, 0.4) is 0 Å². The SMILES string of the molecule is CCOC(=O)CC(O)CNCCC(C)S(C)=O. The quantitative estimate of drug-likeness (QED) is 0.455. The van der Waals surface area contributed by atoms with Crippen molar-refractivity contribution in [2.45, 2.75) is 38.0 Å². The van der Waals surface area contributed by atoms with Gasteiger partial charge in [-0.1, -0.05) is 6.92 Å². The van der Waals surface area contributed by atoms with Gasteiger partial charge in [-0.3, -0.25) is 9.00 Å². The third-order valence-electron chi connectivity index (χ3n) is 2.38. The van der Waals surface area contributed by atoms with Crippen LogP contribution in [0.5, 0.6) is 0 Å². The first-order valence-electron chi connectivity index (χ1n) is 5.84. The Morgan fingerprint density at radius 3 is 2.71 bits per heavy atom. The Labute approximate surface area is 105 Å². The fraction of sp³-hybridized carbons (Fsp3) is 0.909. The highest BCUT2D eigenvalue weighted by Crippen LogP contribution is 1.98. The van der Waals surface area contributed by atoms with Crippen LogP contribution in [0.1, 0.15) is 26.7 Å². The van der Waals surface area contributed by atoms with Crippen molar-refractivity contribution >= 4 is 16.8 Å². The summed E-state index contributed by atoms with van der Waals surface area (Å²) < 4.78 is 15.8. The molecule has 102 valence electrons. The molecule has 0 aromatic rings. The minimum Gasteiger partial charge on any atom is -0.466 e. The van der Waals surface area contributed by atoms with E-state index in [9.17, 15) is 14.1 Å². The fourth-order valence-electron chi connectivity index (χ4n) is 1.22. The molecule has 0 amide bonds. The number of ether oxygens (including phenoxy) is 1. The fourth-order valence-corrected chi connectivity index (χ4v) is 1.67. The van der Waals surface area contributed by atoms with Crippen LogP contribution in [-0.2, 0) is 20.3 Å². The molecular weight excluding hydrogens is 242 g/mol. The van der Waals surface area contributed by atoms with Gasteiger partial charge < -0.3 is 15.2 Å². The van der Waals surface area contributed by atoms with E-state index < -0.39 is 16.9 Å². The summed E-state index contributed by atoms with van der Waals surface area (Å²) in [6.07, 6.45) is 1.75. The molecule has 3 unspecified atom stereocenters. The third-order valence-corrected chi connectivity index (χ3v) is 3.75. The number of hydrogen-bond donors (Lipinski definition) is 2. The Bertz CT molecular complexity index is 248. The predicted octanol–water partition coefficient (Wildman–Crippen LogP) is 0.0472. The molecule has 0 rings (SSSR count). The largest absolute Gasteiger partial charge is 0.466 e. The number of carbonyl (C=O) groups is 1. The second-order valence-corrected chi connectivity index (χ2v) is 5.77. The minimum absolute atomic E-state index is 0.0100. The Balaban J connectivity index is 3.54. The van der Waals surface area contributed by atoms with Gasteiger partial charge in [0.1, 0.15) is 0 Å². The third kappa shape index (κ3) is 9.26. The Kier molecular flexibility index (Phi) is 9.30. The molecule has 0 aromatic carbocycles. The van der Waals surface area contributed by atoms with Gasteiger partial charge in [-0.2, -0.15) is 0 Å². The van der Waals surface area contributed by atoms with Crippen molar-refractivity contribution in [3.8, 4) is 0 Å². The summed E-state index contributed by atoms with van der Waals surface area (Å²) in [7, 11) is -0.813. The molecular formula is C11H23NO4S. The summed E-state index contributed by atoms with van der Waals surface area (Å²) in [5, 5.41) is 12.7. The molecule has 0 fully saturated rings. The zero-order valence-electron chi connectivity index (χ0n) is 10.8. The first-order valence-corrected chi connectivity index (χ1v) is 7.46. The first kappa shape index (κ1) is 16.5. The molecule has 0 heterocycles. The van der Waals surface area contributed by atoms with Crippen LogP contribution in [0, 0.1) is 0 Å². The van der Waals surface area contributed by atoms with Crippen LogP contribution >= 0.6 is 0 Å². The molecule has 0 radical (unpaired) electrons. The second-order valence-electron chi connectivity index (χ2n) is 3.96. The Morgan fingerprint density at radius 1 is 1.53 bits per heavy atom. The van der Waals surface area contributed by atoms with Crippen molar-refractivity contribution in [1.82, 2.24) is 5.32 Å². The summed E-state index contributed by atoms with van der Waals surface area (Å²) in [5.74, 6) is -0.384. The van der Waals surface area contributed by atoms with E-state index in [1.165, 1.54) is 0 Å². The van der Waals surface area contributed by atoms with E-state index in [4.69, 9.17) is 4.74 Å². The summed E-state index contributed by atoms with van der Waals surface area (Å²) in [6.45, 7) is 5.02. The van der Waals surface area contributed by atoms with Crippen LogP contribution < -0.4 is 5.32 Å². The lowest BCUT2D eigenvalue weighted by Crippen LogP contribution is -2.31. The Hall–Kier alpha value is -0.460. The number of rotatable bonds is 9. The van der Waals surface area contributed by atoms with Crippen molar-refractivity contribution in [3.05, 3.63) is 0 Å². The molecule has 3 atom stereocenters. The summed E-state index contributed by atoms with van der Waals surface area (Å²) in [5.41, 5.74) is 0. The van der Waals surface area contributed by atoms with Crippen molar-refractivity contribution in [3.63, 3.8) is 0 Å². The summed E-state index contributed by atoms with van der Waals surface area (Å²) in [6, 6.07) is 0. The molecule has 5 nitrogen and oxygen atoms in total. The molecule has 17 heavy (non-hydrogen) atoms. The van der Waals surface area contributed by atoms with Gasteiger partial charge in [0, 0.05) is 28.9 Å². The van der Waals surface area contributed by atoms with Crippen LogP contribution in [0.2, 0.25) is 0 Å². The van der Waals surface area contributed by atoms with Gasteiger partial charge in [0.05, 0.1) is 19.1 Å². The zero-order chi connectivity index (χ0) is 13.3. The molecule has 0 saturated heterocycles. The lowest BCUT2D eigenvalue weighted by molar-refractivity contribution is -0.145. The standard InChI is InChI=1S/C11H23NO4S/c1-4-16-11(14)7-10(13)8-12-6-5-9(2)17(3)15/h9-10,12-13H,4-8H2,1-3H3. The smallest absolute Gasteiger partial charge is 0.308 e. The molecule has 0 aromatic heterocycles. The van der Waals surface area contributed by atoms with Crippen molar-refractivity contribution in [2.75, 3.05) is 26.0 Å². The first-order chi connectivity index (χ1) is 7.97. The molecule has 0 saturated carbocycles. The highest BCUT2D eigenvalue weighted by atomic mass is 32.2. The highest BCUT2D eigenvalue weighted by Gasteiger charge is 2.11. The summed E-state index contributed by atoms with van der Waals surface area (Å²) >= 11 is 0. The van der Waals surface area contributed by atoms with Gasteiger partial charge in [-0.25, -0.2) is 0 Å². The van der Waals surface area contributed by atoms with Gasteiger partial charge in [0.15, 0.2) is 0 Å². The maximum atomic E-state index is 11.1. The molecule has 0 bridgehead atoms. The van der Waals surface area contributed by atoms with Gasteiger partial charge in [0.2, 0.25) is 0 Å². The van der Waals surface area contributed by atoms with E-state index in [0.29, 0.717) is 19.7 Å². The molecule has 0 spiro atoms. The normalized spacial score (nSPS) is 16.2. The maximum Gasteiger partial charge on any atom is 0.308 e.